The minimum absolute atomic E-state index is 0.596. The van der Waals surface area contributed by atoms with Gasteiger partial charge in [-0.25, -0.2) is 0 Å². The Morgan fingerprint density at radius 2 is 2.22 bits per heavy atom. The number of methoxy groups -OCH3 is 1. The molecule has 0 bridgehead atoms. The summed E-state index contributed by atoms with van der Waals surface area (Å²) in [6, 6.07) is 5.55. The molecule has 2 rings (SSSR count). The lowest BCUT2D eigenvalue weighted by atomic mass is 9.87. The molecule has 1 aliphatic heterocycles. The van der Waals surface area contributed by atoms with Gasteiger partial charge < -0.3 is 15.2 Å². The van der Waals surface area contributed by atoms with Crippen molar-refractivity contribution in [3.8, 4) is 5.75 Å². The molecule has 0 amide bonds. The molecule has 0 saturated carbocycles. The van der Waals surface area contributed by atoms with E-state index in [1.165, 1.54) is 0 Å². The lowest BCUT2D eigenvalue weighted by molar-refractivity contribution is 0.0279. The molecule has 0 radical (unpaired) electrons. The van der Waals surface area contributed by atoms with Crippen LogP contribution in [0.15, 0.2) is 18.2 Å². The Hall–Kier alpha value is -0.770. The van der Waals surface area contributed by atoms with Crippen molar-refractivity contribution in [2.45, 2.75) is 31.3 Å². The van der Waals surface area contributed by atoms with Gasteiger partial charge in [0.1, 0.15) is 5.75 Å². The zero-order chi connectivity index (χ0) is 13.0. The highest BCUT2D eigenvalue weighted by Gasteiger charge is 2.29. The first-order valence-corrected chi connectivity index (χ1v) is 6.76. The molecule has 1 aliphatic rings. The summed E-state index contributed by atoms with van der Waals surface area (Å²) in [6.45, 7) is 1.84. The lowest BCUT2D eigenvalue weighted by Crippen LogP contribution is -2.32. The Labute approximate surface area is 113 Å². The predicted octanol–water partition coefficient (Wildman–Crippen LogP) is 2.40. The first-order chi connectivity index (χ1) is 8.63. The van der Waals surface area contributed by atoms with Crippen molar-refractivity contribution in [1.29, 1.82) is 0 Å². The number of ether oxygens (including phenoxy) is 1. The monoisotopic (exact) mass is 269 g/mol. The molecule has 2 N–H and O–H groups in total. The molecular weight excluding hydrogens is 250 g/mol. The Kier molecular flexibility index (Phi) is 4.49. The minimum Gasteiger partial charge on any atom is -0.496 e. The normalized spacial score (nSPS) is 24.6. The van der Waals surface area contributed by atoms with Crippen molar-refractivity contribution in [2.75, 3.05) is 20.2 Å². The van der Waals surface area contributed by atoms with E-state index in [2.05, 4.69) is 5.32 Å². The molecule has 1 aromatic rings. The third-order valence-corrected chi connectivity index (χ3v) is 3.76. The average Bonchev–Trinajstić information content (AvgIpc) is 2.54. The summed E-state index contributed by atoms with van der Waals surface area (Å²) >= 11 is 6.02. The van der Waals surface area contributed by atoms with Gasteiger partial charge in [-0.2, -0.15) is 0 Å². The van der Waals surface area contributed by atoms with Crippen LogP contribution in [0.4, 0.5) is 0 Å². The number of hydrogen-bond acceptors (Lipinski definition) is 3. The fourth-order valence-corrected chi connectivity index (χ4v) is 2.72. The van der Waals surface area contributed by atoms with E-state index in [-0.39, 0.29) is 0 Å². The van der Waals surface area contributed by atoms with Crippen LogP contribution in [0.25, 0.3) is 0 Å². The van der Waals surface area contributed by atoms with Crippen molar-refractivity contribution in [1.82, 2.24) is 5.32 Å². The summed E-state index contributed by atoms with van der Waals surface area (Å²) in [5.41, 5.74) is 0.330. The fraction of sp³-hybridized carbons (Fsp3) is 0.571. The van der Waals surface area contributed by atoms with E-state index in [0.717, 1.165) is 43.7 Å². The van der Waals surface area contributed by atoms with Crippen LogP contribution in [0.5, 0.6) is 5.75 Å². The summed E-state index contributed by atoms with van der Waals surface area (Å²) in [5, 5.41) is 14.7. The molecule has 0 aromatic heterocycles. The van der Waals surface area contributed by atoms with Crippen molar-refractivity contribution in [2.24, 2.45) is 0 Å². The minimum atomic E-state index is -0.651. The lowest BCUT2D eigenvalue weighted by Gasteiger charge is -2.27. The maximum absolute atomic E-state index is 10.7. The van der Waals surface area contributed by atoms with Crippen LogP contribution in [-0.4, -0.2) is 30.9 Å². The summed E-state index contributed by atoms with van der Waals surface area (Å²) in [4.78, 5) is 0. The molecule has 18 heavy (non-hydrogen) atoms. The molecule has 1 heterocycles. The van der Waals surface area contributed by atoms with Gasteiger partial charge in [0.25, 0.3) is 0 Å². The van der Waals surface area contributed by atoms with E-state index in [1.54, 1.807) is 7.11 Å². The standard InChI is InChI=1S/C14H20ClNO2/c1-18-13-4-3-12(15)9-11(13)10-14(17)5-2-7-16-8-6-14/h3-4,9,16-17H,2,5-8,10H2,1H3. The molecule has 1 aromatic carbocycles. The molecule has 0 spiro atoms. The third-order valence-electron chi connectivity index (χ3n) is 3.52. The SMILES string of the molecule is COc1ccc(Cl)cc1CC1(O)CCCNCC1. The van der Waals surface area contributed by atoms with Gasteiger partial charge in [-0.05, 0) is 56.1 Å². The van der Waals surface area contributed by atoms with Gasteiger partial charge in [0.15, 0.2) is 0 Å². The Morgan fingerprint density at radius 3 is 3.00 bits per heavy atom. The van der Waals surface area contributed by atoms with E-state index in [0.29, 0.717) is 11.4 Å². The second kappa shape index (κ2) is 5.91. The number of halogens is 1. The highest BCUT2D eigenvalue weighted by molar-refractivity contribution is 6.30. The van der Waals surface area contributed by atoms with Gasteiger partial charge >= 0.3 is 0 Å². The smallest absolute Gasteiger partial charge is 0.122 e. The van der Waals surface area contributed by atoms with Crippen LogP contribution in [0.3, 0.4) is 0 Å². The van der Waals surface area contributed by atoms with Crippen molar-refractivity contribution in [3.63, 3.8) is 0 Å². The van der Waals surface area contributed by atoms with Gasteiger partial charge in [-0.3, -0.25) is 0 Å². The Balaban J connectivity index is 2.18. The summed E-state index contributed by atoms with van der Waals surface area (Å²) in [6.07, 6.45) is 3.18. The highest BCUT2D eigenvalue weighted by atomic mass is 35.5. The van der Waals surface area contributed by atoms with E-state index in [9.17, 15) is 5.11 Å². The van der Waals surface area contributed by atoms with Crippen LogP contribution in [0.1, 0.15) is 24.8 Å². The van der Waals surface area contributed by atoms with Gasteiger partial charge in [-0.1, -0.05) is 11.6 Å². The van der Waals surface area contributed by atoms with E-state index in [4.69, 9.17) is 16.3 Å². The van der Waals surface area contributed by atoms with E-state index < -0.39 is 5.60 Å². The summed E-state index contributed by atoms with van der Waals surface area (Å²) in [7, 11) is 1.64. The summed E-state index contributed by atoms with van der Waals surface area (Å²) < 4.78 is 5.33. The fourth-order valence-electron chi connectivity index (χ4n) is 2.53. The molecule has 4 heteroatoms. The van der Waals surface area contributed by atoms with Crippen LogP contribution in [0.2, 0.25) is 5.02 Å². The topological polar surface area (TPSA) is 41.5 Å². The predicted molar refractivity (Wildman–Crippen MR) is 73.4 cm³/mol. The van der Waals surface area contributed by atoms with Gasteiger partial charge in [0.2, 0.25) is 0 Å². The van der Waals surface area contributed by atoms with Crippen molar-refractivity contribution < 1.29 is 9.84 Å². The van der Waals surface area contributed by atoms with Gasteiger partial charge in [-0.15, -0.1) is 0 Å². The van der Waals surface area contributed by atoms with Crippen LogP contribution in [0, 0.1) is 0 Å². The number of nitrogens with one attached hydrogen (secondary N) is 1. The van der Waals surface area contributed by atoms with Crippen LogP contribution in [-0.2, 0) is 6.42 Å². The molecule has 1 fully saturated rings. The number of rotatable bonds is 3. The van der Waals surface area contributed by atoms with E-state index >= 15 is 0 Å². The number of benzene rings is 1. The van der Waals surface area contributed by atoms with Gasteiger partial charge in [0.05, 0.1) is 12.7 Å². The summed E-state index contributed by atoms with van der Waals surface area (Å²) in [5.74, 6) is 0.796. The Bertz CT molecular complexity index is 401. The second-order valence-electron chi connectivity index (χ2n) is 4.96. The first kappa shape index (κ1) is 13.7. The average molecular weight is 270 g/mol. The zero-order valence-electron chi connectivity index (χ0n) is 10.7. The maximum Gasteiger partial charge on any atom is 0.122 e. The quantitative estimate of drug-likeness (QED) is 0.885. The molecule has 1 unspecified atom stereocenters. The van der Waals surface area contributed by atoms with Crippen molar-refractivity contribution >= 4 is 11.6 Å². The molecule has 1 atom stereocenters. The van der Waals surface area contributed by atoms with E-state index in [1.807, 2.05) is 18.2 Å². The second-order valence-corrected chi connectivity index (χ2v) is 5.40. The molecular formula is C14H20ClNO2. The largest absolute Gasteiger partial charge is 0.496 e. The zero-order valence-corrected chi connectivity index (χ0v) is 11.5. The molecule has 3 nitrogen and oxygen atoms in total. The maximum atomic E-state index is 10.7. The molecule has 0 aliphatic carbocycles. The highest BCUT2D eigenvalue weighted by Crippen LogP contribution is 2.30. The number of hydrogen-bond donors (Lipinski definition) is 2. The number of aliphatic hydroxyl groups is 1. The van der Waals surface area contributed by atoms with Crippen LogP contribution < -0.4 is 10.1 Å². The first-order valence-electron chi connectivity index (χ1n) is 6.38. The third kappa shape index (κ3) is 3.37. The van der Waals surface area contributed by atoms with Gasteiger partial charge in [0, 0.05) is 11.4 Å². The molecule has 1 saturated heterocycles. The van der Waals surface area contributed by atoms with Crippen molar-refractivity contribution in [3.05, 3.63) is 28.8 Å². The Morgan fingerprint density at radius 1 is 1.39 bits per heavy atom. The molecule has 100 valence electrons. The van der Waals surface area contributed by atoms with Crippen LogP contribution >= 0.6 is 11.6 Å².